The van der Waals surface area contributed by atoms with E-state index < -0.39 is 23.0 Å². The lowest BCUT2D eigenvalue weighted by atomic mass is 9.71. The van der Waals surface area contributed by atoms with Gasteiger partial charge in [0.2, 0.25) is 5.91 Å². The SMILES string of the molecule is Cc1cc(N2CCC3(CCC(n4cnc(C(N)=O)c4C(N)=O)CC3)C2=O)c(Cl)cc1F. The zero-order valence-corrected chi connectivity index (χ0v) is 17.8. The molecule has 1 saturated carbocycles. The summed E-state index contributed by atoms with van der Waals surface area (Å²) in [6.07, 6.45) is 4.52. The second-order valence-electron chi connectivity index (χ2n) is 8.35. The van der Waals surface area contributed by atoms with Gasteiger partial charge in [-0.2, -0.15) is 0 Å². The molecular formula is C21H23ClFN5O3. The van der Waals surface area contributed by atoms with Gasteiger partial charge >= 0.3 is 0 Å². The van der Waals surface area contributed by atoms with Crippen LogP contribution in [0.3, 0.4) is 0 Å². The third-order valence-corrected chi connectivity index (χ3v) is 6.90. The summed E-state index contributed by atoms with van der Waals surface area (Å²) in [6.45, 7) is 2.15. The summed E-state index contributed by atoms with van der Waals surface area (Å²) < 4.78 is 15.4. The van der Waals surface area contributed by atoms with Gasteiger partial charge < -0.3 is 20.9 Å². The van der Waals surface area contributed by atoms with Crippen LogP contribution in [-0.2, 0) is 4.79 Å². The number of hydrogen-bond donors (Lipinski definition) is 2. The Balaban J connectivity index is 1.54. The van der Waals surface area contributed by atoms with Crippen molar-refractivity contribution >= 4 is 35.0 Å². The van der Waals surface area contributed by atoms with E-state index in [4.69, 9.17) is 23.1 Å². The zero-order valence-electron chi connectivity index (χ0n) is 17.0. The van der Waals surface area contributed by atoms with E-state index in [1.54, 1.807) is 22.5 Å². The van der Waals surface area contributed by atoms with Crippen LogP contribution < -0.4 is 16.4 Å². The Morgan fingerprint density at radius 3 is 2.48 bits per heavy atom. The minimum atomic E-state index is -0.812. The molecule has 0 unspecified atom stereocenters. The summed E-state index contributed by atoms with van der Waals surface area (Å²) in [6, 6.07) is 2.73. The lowest BCUT2D eigenvalue weighted by molar-refractivity contribution is -0.127. The van der Waals surface area contributed by atoms with Crippen molar-refractivity contribution in [2.75, 3.05) is 11.4 Å². The Kier molecular flexibility index (Phi) is 5.25. The number of anilines is 1. The monoisotopic (exact) mass is 447 g/mol. The van der Waals surface area contributed by atoms with Gasteiger partial charge in [0.05, 0.1) is 22.5 Å². The molecule has 0 bridgehead atoms. The Morgan fingerprint density at radius 2 is 1.87 bits per heavy atom. The summed E-state index contributed by atoms with van der Waals surface area (Å²) in [5.74, 6) is -2.00. The van der Waals surface area contributed by atoms with E-state index in [1.165, 1.54) is 12.4 Å². The van der Waals surface area contributed by atoms with Gasteiger partial charge in [0.1, 0.15) is 11.5 Å². The Labute approximate surface area is 183 Å². The summed E-state index contributed by atoms with van der Waals surface area (Å²) in [5.41, 5.74) is 11.1. The van der Waals surface area contributed by atoms with Gasteiger partial charge in [-0.05, 0) is 56.7 Å². The number of imidazole rings is 1. The molecule has 1 aliphatic heterocycles. The quantitative estimate of drug-likeness (QED) is 0.747. The lowest BCUT2D eigenvalue weighted by Crippen LogP contribution is -2.38. The molecule has 2 aromatic rings. The van der Waals surface area contributed by atoms with E-state index in [-0.39, 0.29) is 28.4 Å². The molecule has 10 heteroatoms. The molecule has 1 aromatic heterocycles. The van der Waals surface area contributed by atoms with E-state index in [0.29, 0.717) is 49.9 Å². The fourth-order valence-electron chi connectivity index (χ4n) is 4.86. The van der Waals surface area contributed by atoms with Gasteiger partial charge in [-0.1, -0.05) is 11.6 Å². The summed E-state index contributed by atoms with van der Waals surface area (Å²) in [5, 5.41) is 0.214. The van der Waals surface area contributed by atoms with Gasteiger partial charge in [-0.15, -0.1) is 0 Å². The van der Waals surface area contributed by atoms with Gasteiger partial charge in [0, 0.05) is 12.6 Å². The number of aryl methyl sites for hydroxylation is 1. The first kappa shape index (κ1) is 21.3. The molecule has 0 atom stereocenters. The highest BCUT2D eigenvalue weighted by Gasteiger charge is 2.49. The van der Waals surface area contributed by atoms with Crippen LogP contribution in [0.1, 0.15) is 64.7 Å². The van der Waals surface area contributed by atoms with Crippen molar-refractivity contribution in [1.82, 2.24) is 9.55 Å². The number of nitrogens with two attached hydrogens (primary N) is 2. The first-order chi connectivity index (χ1) is 14.6. The van der Waals surface area contributed by atoms with Crippen LogP contribution in [0, 0.1) is 18.2 Å². The van der Waals surface area contributed by atoms with Crippen LogP contribution in [0.15, 0.2) is 18.5 Å². The number of benzene rings is 1. The van der Waals surface area contributed by atoms with E-state index in [0.717, 1.165) is 0 Å². The highest BCUT2D eigenvalue weighted by molar-refractivity contribution is 6.34. The van der Waals surface area contributed by atoms with E-state index >= 15 is 0 Å². The first-order valence-corrected chi connectivity index (χ1v) is 10.5. The molecule has 4 rings (SSSR count). The first-order valence-electron chi connectivity index (χ1n) is 10.1. The molecule has 2 fully saturated rings. The number of carbonyl (C=O) groups is 3. The van der Waals surface area contributed by atoms with Gasteiger partial charge in [-0.3, -0.25) is 14.4 Å². The molecule has 3 amide bonds. The average molecular weight is 448 g/mol. The molecule has 8 nitrogen and oxygen atoms in total. The number of amides is 3. The molecule has 31 heavy (non-hydrogen) atoms. The van der Waals surface area contributed by atoms with Crippen molar-refractivity contribution in [2.24, 2.45) is 16.9 Å². The van der Waals surface area contributed by atoms with E-state index in [2.05, 4.69) is 4.98 Å². The summed E-state index contributed by atoms with van der Waals surface area (Å²) >= 11 is 6.23. The van der Waals surface area contributed by atoms with Crippen molar-refractivity contribution in [1.29, 1.82) is 0 Å². The fourth-order valence-corrected chi connectivity index (χ4v) is 5.11. The highest BCUT2D eigenvalue weighted by Crippen LogP contribution is 2.49. The summed E-state index contributed by atoms with van der Waals surface area (Å²) in [7, 11) is 0. The van der Waals surface area contributed by atoms with Crippen molar-refractivity contribution < 1.29 is 18.8 Å². The third kappa shape index (κ3) is 3.46. The molecular weight excluding hydrogens is 425 g/mol. The molecule has 1 aromatic carbocycles. The van der Waals surface area contributed by atoms with Crippen LogP contribution in [0.2, 0.25) is 5.02 Å². The minimum absolute atomic E-state index is 0.00129. The zero-order chi connectivity index (χ0) is 22.5. The largest absolute Gasteiger partial charge is 0.364 e. The lowest BCUT2D eigenvalue weighted by Gasteiger charge is -2.36. The van der Waals surface area contributed by atoms with Crippen molar-refractivity contribution in [2.45, 2.75) is 45.1 Å². The van der Waals surface area contributed by atoms with Gasteiger partial charge in [-0.25, -0.2) is 9.37 Å². The number of hydrogen-bond acceptors (Lipinski definition) is 4. The number of halogens is 2. The maximum Gasteiger partial charge on any atom is 0.269 e. The molecule has 4 N–H and O–H groups in total. The molecule has 164 valence electrons. The predicted octanol–water partition coefficient (Wildman–Crippen LogP) is 2.72. The number of nitrogens with zero attached hydrogens (tertiary/aromatic N) is 3. The Hall–Kier alpha value is -2.94. The topological polar surface area (TPSA) is 124 Å². The number of carbonyl (C=O) groups excluding carboxylic acids is 3. The molecule has 1 saturated heterocycles. The van der Waals surface area contributed by atoms with E-state index in [1.807, 2.05) is 0 Å². The maximum atomic E-state index is 13.8. The molecule has 0 radical (unpaired) electrons. The number of rotatable bonds is 4. The fraction of sp³-hybridized carbons (Fsp3) is 0.429. The Bertz CT molecular complexity index is 1090. The van der Waals surface area contributed by atoms with Crippen LogP contribution >= 0.6 is 11.6 Å². The van der Waals surface area contributed by atoms with Crippen molar-refractivity contribution in [3.8, 4) is 0 Å². The minimum Gasteiger partial charge on any atom is -0.364 e. The predicted molar refractivity (Wildman–Crippen MR) is 112 cm³/mol. The van der Waals surface area contributed by atoms with Crippen LogP contribution in [0.4, 0.5) is 10.1 Å². The van der Waals surface area contributed by atoms with Crippen LogP contribution in [0.5, 0.6) is 0 Å². The van der Waals surface area contributed by atoms with E-state index in [9.17, 15) is 18.8 Å². The van der Waals surface area contributed by atoms with Crippen LogP contribution in [-0.4, -0.2) is 33.8 Å². The second kappa shape index (κ2) is 7.64. The van der Waals surface area contributed by atoms with Crippen molar-refractivity contribution in [3.05, 3.63) is 46.3 Å². The molecule has 2 aliphatic rings. The molecule has 1 spiro atoms. The standard InChI is InChI=1S/C21H23ClFN5O3/c1-11-8-15(13(22)9-14(11)23)27-7-6-21(20(27)31)4-2-12(3-5-21)28-10-26-16(18(24)29)17(28)19(25)30/h8-10,12H,2-7H2,1H3,(H2,24,29)(H2,25,30). The average Bonchev–Trinajstić information content (AvgIpc) is 3.29. The second-order valence-corrected chi connectivity index (χ2v) is 8.76. The van der Waals surface area contributed by atoms with Gasteiger partial charge in [0.15, 0.2) is 5.69 Å². The third-order valence-electron chi connectivity index (χ3n) is 6.60. The molecule has 1 aliphatic carbocycles. The number of primary amides is 2. The molecule has 2 heterocycles. The maximum absolute atomic E-state index is 13.8. The van der Waals surface area contributed by atoms with Crippen molar-refractivity contribution in [3.63, 3.8) is 0 Å². The van der Waals surface area contributed by atoms with Crippen LogP contribution in [0.25, 0.3) is 0 Å². The summed E-state index contributed by atoms with van der Waals surface area (Å²) in [4.78, 5) is 42.4. The number of aromatic nitrogens is 2. The highest BCUT2D eigenvalue weighted by atomic mass is 35.5. The smallest absolute Gasteiger partial charge is 0.269 e. The normalized spacial score (nSPS) is 23.5. The van der Waals surface area contributed by atoms with Gasteiger partial charge in [0.25, 0.3) is 11.8 Å². The Morgan fingerprint density at radius 1 is 1.19 bits per heavy atom.